The summed E-state index contributed by atoms with van der Waals surface area (Å²) in [6, 6.07) is 61.2. The number of hydrogen-bond acceptors (Lipinski definition) is 3. The normalized spacial score (nSPS) is 17.7. The Kier molecular flexibility index (Phi) is 7.66. The van der Waals surface area contributed by atoms with Gasteiger partial charge in [-0.2, -0.15) is 0 Å². The summed E-state index contributed by atoms with van der Waals surface area (Å²) in [5.74, 6) is 1.19. The summed E-state index contributed by atoms with van der Waals surface area (Å²) in [5.41, 5.74) is 10.5. The van der Waals surface area contributed by atoms with E-state index in [4.69, 9.17) is 9.98 Å². The van der Waals surface area contributed by atoms with E-state index in [9.17, 15) is 0 Å². The zero-order valence-electron chi connectivity index (χ0n) is 29.6. The summed E-state index contributed by atoms with van der Waals surface area (Å²) in [5, 5.41) is 5.15. The summed E-state index contributed by atoms with van der Waals surface area (Å²) >= 11 is 1.88. The van der Waals surface area contributed by atoms with Crippen molar-refractivity contribution in [3.05, 3.63) is 187 Å². The monoisotopic (exact) mass is 699 g/mol. The summed E-state index contributed by atoms with van der Waals surface area (Å²) in [6.07, 6.45) is 0. The van der Waals surface area contributed by atoms with Gasteiger partial charge in [0.2, 0.25) is 0 Å². The van der Waals surface area contributed by atoms with Crippen molar-refractivity contribution in [2.24, 2.45) is 21.8 Å². The Balaban J connectivity index is 1.11. The first kappa shape index (κ1) is 31.6. The molecule has 10 rings (SSSR count). The highest BCUT2D eigenvalue weighted by molar-refractivity contribution is 7.26. The Morgan fingerprint density at radius 3 is 2.04 bits per heavy atom. The summed E-state index contributed by atoms with van der Waals surface area (Å²) < 4.78 is 5.09. The van der Waals surface area contributed by atoms with E-state index in [2.05, 4.69) is 182 Å². The number of amidine groups is 1. The molecular weight excluding hydrogens is 663 g/mol. The van der Waals surface area contributed by atoms with Crippen LogP contribution in [0.5, 0.6) is 0 Å². The molecular formula is C49H37N3S. The Morgan fingerprint density at radius 1 is 0.528 bits per heavy atom. The zero-order valence-corrected chi connectivity index (χ0v) is 30.5. The first-order chi connectivity index (χ1) is 26.1. The SMILES string of the molecule is CC1C(c2ccccc2)=NC(c2ccccc2)=NC(c2cccc(-n3c4ccccc4c4cc(-c5cccc6c5sc5ccccc56)ccc43)c2)C1C. The summed E-state index contributed by atoms with van der Waals surface area (Å²) in [7, 11) is 0. The van der Waals surface area contributed by atoms with Gasteiger partial charge in [-0.15, -0.1) is 11.3 Å². The number of para-hydroxylation sites is 1. The topological polar surface area (TPSA) is 29.6 Å². The molecule has 1 aliphatic rings. The second-order valence-electron chi connectivity index (χ2n) is 14.2. The molecule has 3 heterocycles. The Bertz CT molecular complexity index is 2880. The fourth-order valence-electron chi connectivity index (χ4n) is 8.30. The molecule has 0 aliphatic carbocycles. The second kappa shape index (κ2) is 12.8. The van der Waals surface area contributed by atoms with Gasteiger partial charge in [0.1, 0.15) is 0 Å². The van der Waals surface area contributed by atoms with Crippen LogP contribution in [0.15, 0.2) is 180 Å². The van der Waals surface area contributed by atoms with Gasteiger partial charge in [0.05, 0.1) is 22.8 Å². The minimum absolute atomic E-state index is 0.0772. The van der Waals surface area contributed by atoms with Gasteiger partial charge in [-0.05, 0) is 64.6 Å². The Hall–Kier alpha value is -6.10. The van der Waals surface area contributed by atoms with Gasteiger partial charge >= 0.3 is 0 Å². The van der Waals surface area contributed by atoms with E-state index in [1.165, 1.54) is 58.7 Å². The van der Waals surface area contributed by atoms with E-state index in [-0.39, 0.29) is 17.9 Å². The lowest BCUT2D eigenvalue weighted by atomic mass is 9.81. The van der Waals surface area contributed by atoms with Crippen LogP contribution >= 0.6 is 11.3 Å². The third-order valence-corrected chi connectivity index (χ3v) is 12.4. The number of hydrogen-bond donors (Lipinski definition) is 0. The van der Waals surface area contributed by atoms with Crippen molar-refractivity contribution in [1.82, 2.24) is 4.57 Å². The average molecular weight is 700 g/mol. The van der Waals surface area contributed by atoms with E-state index in [1.54, 1.807) is 0 Å². The molecule has 0 spiro atoms. The van der Waals surface area contributed by atoms with Crippen LogP contribution < -0.4 is 0 Å². The first-order valence-electron chi connectivity index (χ1n) is 18.4. The average Bonchev–Trinajstić information content (AvgIpc) is 3.73. The quantitative estimate of drug-likeness (QED) is 0.171. The van der Waals surface area contributed by atoms with Gasteiger partial charge in [0.25, 0.3) is 0 Å². The van der Waals surface area contributed by atoms with Crippen LogP contribution in [0.3, 0.4) is 0 Å². The molecule has 0 bridgehead atoms. The van der Waals surface area contributed by atoms with Crippen LogP contribution in [0.25, 0.3) is 58.8 Å². The van der Waals surface area contributed by atoms with E-state index >= 15 is 0 Å². The van der Waals surface area contributed by atoms with E-state index < -0.39 is 0 Å². The van der Waals surface area contributed by atoms with E-state index in [0.717, 1.165) is 28.4 Å². The van der Waals surface area contributed by atoms with Crippen molar-refractivity contribution in [2.45, 2.75) is 19.9 Å². The standard InChI is InChI=1S/C49H37N3S/c1-31-32(2)47(51-49(34-17-7-4-8-18-34)50-46(31)33-15-5-3-6-16-33)36-19-13-20-37(29-36)52-43-25-11-9-21-39(43)42-30-35(27-28-44(42)52)38-23-14-24-41-40-22-10-12-26-45(40)53-48(38)41/h3-32,47H,1-2H3. The minimum Gasteiger partial charge on any atom is -0.309 e. The van der Waals surface area contributed by atoms with Crippen LogP contribution in [-0.4, -0.2) is 16.1 Å². The maximum Gasteiger partial charge on any atom is 0.155 e. The smallest absolute Gasteiger partial charge is 0.155 e. The Labute approximate surface area is 313 Å². The van der Waals surface area contributed by atoms with Crippen molar-refractivity contribution in [1.29, 1.82) is 0 Å². The maximum absolute atomic E-state index is 5.48. The molecule has 9 aromatic rings. The molecule has 53 heavy (non-hydrogen) atoms. The lowest BCUT2D eigenvalue weighted by molar-refractivity contribution is 0.406. The fraction of sp³-hybridized carbons (Fsp3) is 0.102. The number of aliphatic imine (C=N–C) groups is 2. The van der Waals surface area contributed by atoms with Crippen molar-refractivity contribution in [2.75, 3.05) is 0 Å². The van der Waals surface area contributed by atoms with Crippen molar-refractivity contribution in [3.8, 4) is 16.8 Å². The number of nitrogens with zero attached hydrogens (tertiary/aromatic N) is 3. The third-order valence-electron chi connectivity index (χ3n) is 11.2. The minimum atomic E-state index is -0.0772. The first-order valence-corrected chi connectivity index (χ1v) is 19.3. The van der Waals surface area contributed by atoms with Crippen molar-refractivity contribution in [3.63, 3.8) is 0 Å². The number of fused-ring (bicyclic) bond motifs is 6. The van der Waals surface area contributed by atoms with Gasteiger partial charge in [-0.25, -0.2) is 4.99 Å². The molecule has 0 fully saturated rings. The van der Waals surface area contributed by atoms with Crippen molar-refractivity contribution >= 4 is 64.9 Å². The molecule has 3 nitrogen and oxygen atoms in total. The third kappa shape index (κ3) is 5.32. The second-order valence-corrected chi connectivity index (χ2v) is 15.3. The molecule has 0 N–H and O–H groups in total. The molecule has 0 amide bonds. The summed E-state index contributed by atoms with van der Waals surface area (Å²) in [6.45, 7) is 4.64. The predicted octanol–water partition coefficient (Wildman–Crippen LogP) is 13.1. The van der Waals surface area contributed by atoms with Gasteiger partial charge in [-0.1, -0.05) is 147 Å². The number of rotatable bonds is 5. The van der Waals surface area contributed by atoms with Crippen LogP contribution in [0.2, 0.25) is 0 Å². The molecule has 2 aromatic heterocycles. The van der Waals surface area contributed by atoms with Crippen LogP contribution in [0.4, 0.5) is 0 Å². The molecule has 7 aromatic carbocycles. The number of aromatic nitrogens is 1. The maximum atomic E-state index is 5.48. The zero-order chi connectivity index (χ0) is 35.5. The van der Waals surface area contributed by atoms with Crippen LogP contribution in [-0.2, 0) is 0 Å². The molecule has 0 saturated heterocycles. The molecule has 0 radical (unpaired) electrons. The van der Waals surface area contributed by atoms with Gasteiger partial charge in [0, 0.05) is 48.1 Å². The molecule has 254 valence electrons. The predicted molar refractivity (Wildman–Crippen MR) is 226 cm³/mol. The lowest BCUT2D eigenvalue weighted by Crippen LogP contribution is -2.23. The lowest BCUT2D eigenvalue weighted by Gasteiger charge is -2.26. The van der Waals surface area contributed by atoms with Crippen molar-refractivity contribution < 1.29 is 0 Å². The van der Waals surface area contributed by atoms with Gasteiger partial charge in [0.15, 0.2) is 5.84 Å². The number of benzene rings is 7. The van der Waals surface area contributed by atoms with Gasteiger partial charge in [-0.3, -0.25) is 4.99 Å². The highest BCUT2D eigenvalue weighted by Crippen LogP contribution is 2.43. The summed E-state index contributed by atoms with van der Waals surface area (Å²) in [4.78, 5) is 10.8. The van der Waals surface area contributed by atoms with E-state index in [0.29, 0.717) is 0 Å². The molecule has 0 saturated carbocycles. The molecule has 4 heteroatoms. The van der Waals surface area contributed by atoms with Gasteiger partial charge < -0.3 is 4.57 Å². The van der Waals surface area contributed by atoms with E-state index in [1.807, 2.05) is 17.4 Å². The number of thiophene rings is 1. The van der Waals surface area contributed by atoms with Crippen LogP contribution in [0.1, 0.15) is 36.6 Å². The highest BCUT2D eigenvalue weighted by atomic mass is 32.1. The Morgan fingerprint density at radius 2 is 1.21 bits per heavy atom. The molecule has 3 unspecified atom stereocenters. The highest BCUT2D eigenvalue weighted by Gasteiger charge is 2.32. The largest absolute Gasteiger partial charge is 0.309 e. The van der Waals surface area contributed by atoms with Crippen LogP contribution in [0, 0.1) is 11.8 Å². The fourth-order valence-corrected chi connectivity index (χ4v) is 9.54. The molecule has 3 atom stereocenters. The molecule has 1 aliphatic heterocycles.